The van der Waals surface area contributed by atoms with E-state index in [9.17, 15) is 4.79 Å². The van der Waals surface area contributed by atoms with Gasteiger partial charge in [-0.05, 0) is 37.3 Å². The van der Waals surface area contributed by atoms with Crippen molar-refractivity contribution in [1.82, 2.24) is 9.80 Å². The summed E-state index contributed by atoms with van der Waals surface area (Å²) in [6, 6.07) is 6.57. The molecule has 1 aromatic rings. The third-order valence-electron chi connectivity index (χ3n) is 8.91. The number of amides is 1. The number of hydrogen-bond donors (Lipinski definition) is 0. The average Bonchev–Trinajstić information content (AvgIpc) is 2.93. The zero-order valence-corrected chi connectivity index (χ0v) is 21.8. The number of likely N-dealkylation sites (N-methyl/N-ethyl adjacent to an activating group) is 1. The van der Waals surface area contributed by atoms with E-state index in [0.717, 1.165) is 68.7 Å². The van der Waals surface area contributed by atoms with Crippen LogP contribution in [0.25, 0.3) is 0 Å². The Morgan fingerprint density at radius 1 is 0.943 bits per heavy atom. The first-order chi connectivity index (χ1) is 17.2. The molecule has 0 unspecified atom stereocenters. The van der Waals surface area contributed by atoms with Crippen LogP contribution in [0.3, 0.4) is 0 Å². The number of rotatable bonds is 7. The second-order valence-corrected chi connectivity index (χ2v) is 11.3. The number of hydrogen-bond acceptors (Lipinski definition) is 5. The quantitative estimate of drug-likeness (QED) is 0.549. The number of nitrogens with zero attached hydrogens (tertiary/aromatic N) is 3. The van der Waals surface area contributed by atoms with Gasteiger partial charge in [0, 0.05) is 51.7 Å². The Morgan fingerprint density at radius 2 is 1.63 bits per heavy atom. The van der Waals surface area contributed by atoms with Crippen LogP contribution in [0, 0.1) is 11.8 Å². The zero-order valence-electron chi connectivity index (χ0n) is 21.8. The number of carbonyl (C=O) groups excluding carboxylic acids is 1. The van der Waals surface area contributed by atoms with Gasteiger partial charge in [-0.25, -0.2) is 0 Å². The van der Waals surface area contributed by atoms with Gasteiger partial charge < -0.3 is 19.3 Å². The minimum absolute atomic E-state index is 0.255. The number of benzene rings is 1. The predicted octanol–water partition coefficient (Wildman–Crippen LogP) is 4.96. The van der Waals surface area contributed by atoms with Crippen LogP contribution in [0.5, 0.6) is 11.5 Å². The minimum Gasteiger partial charge on any atom is -0.486 e. The summed E-state index contributed by atoms with van der Waals surface area (Å²) >= 11 is 0. The van der Waals surface area contributed by atoms with E-state index in [0.29, 0.717) is 25.2 Å². The first-order valence-corrected chi connectivity index (χ1v) is 14.3. The van der Waals surface area contributed by atoms with E-state index < -0.39 is 0 Å². The van der Waals surface area contributed by atoms with Gasteiger partial charge in [-0.3, -0.25) is 9.69 Å². The van der Waals surface area contributed by atoms with Crippen molar-refractivity contribution in [3.63, 3.8) is 0 Å². The highest BCUT2D eigenvalue weighted by molar-refractivity contribution is 5.79. The molecule has 2 heterocycles. The third-order valence-corrected chi connectivity index (χ3v) is 8.91. The monoisotopic (exact) mass is 483 g/mol. The molecule has 0 radical (unpaired) electrons. The predicted molar refractivity (Wildman–Crippen MR) is 140 cm³/mol. The molecule has 2 aliphatic carbocycles. The van der Waals surface area contributed by atoms with E-state index in [4.69, 9.17) is 9.47 Å². The van der Waals surface area contributed by atoms with E-state index >= 15 is 0 Å². The van der Waals surface area contributed by atoms with Crippen molar-refractivity contribution in [2.75, 3.05) is 57.9 Å². The summed E-state index contributed by atoms with van der Waals surface area (Å²) in [7, 11) is 2.11. The fraction of sp³-hybridized carbons (Fsp3) is 0.759. The molecular formula is C29H45N3O3. The summed E-state index contributed by atoms with van der Waals surface area (Å²) in [6.07, 6.45) is 13.9. The standard InChI is InChI=1S/C29H45N3O3/c1-30(29(33)24-11-6-3-7-12-24)25(21-23-9-4-2-5-10-23)22-31-15-17-32(18-16-31)26-13-8-14-27-28(26)35-20-19-34-27/h8,13-14,23-25H,2-7,9-12,15-22H2,1H3/t25-/m1/s1. The van der Waals surface area contributed by atoms with Gasteiger partial charge in [0.2, 0.25) is 5.91 Å². The van der Waals surface area contributed by atoms with E-state index in [1.807, 2.05) is 6.07 Å². The van der Waals surface area contributed by atoms with Gasteiger partial charge in [-0.2, -0.15) is 0 Å². The van der Waals surface area contributed by atoms with Crippen molar-refractivity contribution in [3.8, 4) is 11.5 Å². The largest absolute Gasteiger partial charge is 0.486 e. The summed E-state index contributed by atoms with van der Waals surface area (Å²) in [5, 5.41) is 0. The molecule has 1 atom stereocenters. The van der Waals surface area contributed by atoms with Gasteiger partial charge in [0.15, 0.2) is 11.5 Å². The summed E-state index contributed by atoms with van der Waals surface area (Å²) in [5.41, 5.74) is 1.16. The van der Waals surface area contributed by atoms with Crippen molar-refractivity contribution in [2.24, 2.45) is 11.8 Å². The Bertz CT molecular complexity index is 826. The molecule has 1 saturated heterocycles. The molecule has 5 rings (SSSR count). The van der Waals surface area contributed by atoms with E-state index in [1.165, 1.54) is 57.8 Å². The third kappa shape index (κ3) is 6.07. The number of carbonyl (C=O) groups is 1. The van der Waals surface area contributed by atoms with Gasteiger partial charge in [-0.1, -0.05) is 57.4 Å². The lowest BCUT2D eigenvalue weighted by Crippen LogP contribution is -2.53. The van der Waals surface area contributed by atoms with Crippen LogP contribution >= 0.6 is 0 Å². The van der Waals surface area contributed by atoms with Crippen LogP contribution in [0.4, 0.5) is 5.69 Å². The van der Waals surface area contributed by atoms with Crippen molar-refractivity contribution >= 4 is 11.6 Å². The average molecular weight is 484 g/mol. The number of anilines is 1. The Balaban J connectivity index is 1.21. The molecule has 2 aliphatic heterocycles. The summed E-state index contributed by atoms with van der Waals surface area (Å²) in [6.45, 7) is 6.26. The molecule has 0 spiro atoms. The lowest BCUT2D eigenvalue weighted by Gasteiger charge is -2.41. The van der Waals surface area contributed by atoms with Crippen molar-refractivity contribution < 1.29 is 14.3 Å². The number of piperazine rings is 1. The van der Waals surface area contributed by atoms with Crippen molar-refractivity contribution in [3.05, 3.63) is 18.2 Å². The van der Waals surface area contributed by atoms with E-state index in [-0.39, 0.29) is 5.92 Å². The van der Waals surface area contributed by atoms with E-state index in [1.54, 1.807) is 0 Å². The molecule has 1 amide bonds. The van der Waals surface area contributed by atoms with Crippen LogP contribution in [-0.4, -0.2) is 74.7 Å². The lowest BCUT2D eigenvalue weighted by atomic mass is 9.83. The molecule has 6 heteroatoms. The molecule has 0 bridgehead atoms. The van der Waals surface area contributed by atoms with Crippen LogP contribution in [0.15, 0.2) is 18.2 Å². The fourth-order valence-corrected chi connectivity index (χ4v) is 6.76. The van der Waals surface area contributed by atoms with Gasteiger partial charge in [0.25, 0.3) is 0 Å². The van der Waals surface area contributed by atoms with Crippen molar-refractivity contribution in [1.29, 1.82) is 0 Å². The minimum atomic E-state index is 0.255. The van der Waals surface area contributed by atoms with Crippen LogP contribution < -0.4 is 14.4 Å². The lowest BCUT2D eigenvalue weighted by molar-refractivity contribution is -0.138. The fourth-order valence-electron chi connectivity index (χ4n) is 6.76. The van der Waals surface area contributed by atoms with Gasteiger partial charge in [0.1, 0.15) is 13.2 Å². The van der Waals surface area contributed by atoms with Crippen molar-refractivity contribution in [2.45, 2.75) is 76.7 Å². The summed E-state index contributed by atoms with van der Waals surface area (Å²) in [4.78, 5) is 20.7. The zero-order chi connectivity index (χ0) is 24.0. The highest BCUT2D eigenvalue weighted by Gasteiger charge is 2.32. The maximum atomic E-state index is 13.5. The molecule has 0 aromatic heterocycles. The highest BCUT2D eigenvalue weighted by atomic mass is 16.6. The first kappa shape index (κ1) is 24.7. The molecular weight excluding hydrogens is 438 g/mol. The molecule has 2 saturated carbocycles. The Hall–Kier alpha value is -1.95. The highest BCUT2D eigenvalue weighted by Crippen LogP contribution is 2.40. The second kappa shape index (κ2) is 11.9. The molecule has 194 valence electrons. The SMILES string of the molecule is CN(C(=O)C1CCCCC1)[C@H](CC1CCCCC1)CN1CCN(c2cccc3c2OCCO3)CC1. The van der Waals surface area contributed by atoms with E-state index in [2.05, 4.69) is 33.9 Å². The maximum Gasteiger partial charge on any atom is 0.225 e. The van der Waals surface area contributed by atoms with Crippen LogP contribution in [-0.2, 0) is 4.79 Å². The van der Waals surface area contributed by atoms with Gasteiger partial charge in [-0.15, -0.1) is 0 Å². The van der Waals surface area contributed by atoms with Gasteiger partial charge in [0.05, 0.1) is 5.69 Å². The molecule has 0 N–H and O–H groups in total. The first-order valence-electron chi connectivity index (χ1n) is 14.3. The van der Waals surface area contributed by atoms with Gasteiger partial charge >= 0.3 is 0 Å². The van der Waals surface area contributed by atoms with Crippen LogP contribution in [0.1, 0.15) is 70.6 Å². The molecule has 4 aliphatic rings. The summed E-state index contributed by atoms with van der Waals surface area (Å²) in [5.74, 6) is 3.22. The second-order valence-electron chi connectivity index (χ2n) is 11.3. The topological polar surface area (TPSA) is 45.3 Å². The molecule has 6 nitrogen and oxygen atoms in total. The molecule has 35 heavy (non-hydrogen) atoms. The molecule has 3 fully saturated rings. The number of ether oxygens (including phenoxy) is 2. The molecule has 1 aromatic carbocycles. The van der Waals surface area contributed by atoms with Crippen LogP contribution in [0.2, 0.25) is 0 Å². The summed E-state index contributed by atoms with van der Waals surface area (Å²) < 4.78 is 11.8. The Labute approximate surface area is 211 Å². The Morgan fingerprint density at radius 3 is 2.37 bits per heavy atom. The maximum absolute atomic E-state index is 13.5. The number of para-hydroxylation sites is 1. The Kier molecular flexibility index (Phi) is 8.38. The number of fused-ring (bicyclic) bond motifs is 1. The normalized spacial score (nSPS) is 23.2. The smallest absolute Gasteiger partial charge is 0.225 e.